The summed E-state index contributed by atoms with van der Waals surface area (Å²) in [6.45, 7) is 1.26. The molecule has 1 aromatic rings. The van der Waals surface area contributed by atoms with E-state index < -0.39 is 6.10 Å². The molecule has 2 unspecified atom stereocenters. The number of rotatable bonds is 7. The highest BCUT2D eigenvalue weighted by atomic mass is 16.6. The van der Waals surface area contributed by atoms with E-state index in [1.165, 1.54) is 0 Å². The van der Waals surface area contributed by atoms with Gasteiger partial charge in [0.25, 0.3) is 5.91 Å². The number of amides is 1. The average molecular weight is 364 g/mol. The van der Waals surface area contributed by atoms with E-state index in [9.17, 15) is 4.79 Å². The third kappa shape index (κ3) is 3.85. The molecule has 1 aromatic carbocycles. The van der Waals surface area contributed by atoms with Crippen LogP contribution in [0.4, 0.5) is 0 Å². The van der Waals surface area contributed by atoms with Gasteiger partial charge in [-0.05, 0) is 25.0 Å². The summed E-state index contributed by atoms with van der Waals surface area (Å²) >= 11 is 0. The number of hydrogen-bond acceptors (Lipinski definition) is 7. The Labute approximate surface area is 152 Å². The molecule has 8 nitrogen and oxygen atoms in total. The Morgan fingerprint density at radius 3 is 2.54 bits per heavy atom. The zero-order valence-electron chi connectivity index (χ0n) is 15.2. The SMILES string of the molecule is COc1cc(C2=NOC(C(=O)NCC3CCCO3)C2)cc(OC)c1OC. The largest absolute Gasteiger partial charge is 0.493 e. The molecule has 1 N–H and O–H groups in total. The molecule has 1 fully saturated rings. The van der Waals surface area contributed by atoms with Gasteiger partial charge in [0.2, 0.25) is 11.9 Å². The summed E-state index contributed by atoms with van der Waals surface area (Å²) in [6, 6.07) is 3.58. The molecule has 0 radical (unpaired) electrons. The molecule has 26 heavy (non-hydrogen) atoms. The minimum Gasteiger partial charge on any atom is -0.493 e. The number of oxime groups is 1. The summed E-state index contributed by atoms with van der Waals surface area (Å²) in [6.07, 6.45) is 1.82. The number of nitrogens with zero attached hydrogens (tertiary/aromatic N) is 1. The first-order valence-electron chi connectivity index (χ1n) is 8.58. The predicted molar refractivity (Wildman–Crippen MR) is 94.1 cm³/mol. The molecule has 1 amide bonds. The van der Waals surface area contributed by atoms with Crippen LogP contribution in [0.15, 0.2) is 17.3 Å². The van der Waals surface area contributed by atoms with Crippen molar-refractivity contribution in [3.8, 4) is 17.2 Å². The zero-order valence-corrected chi connectivity index (χ0v) is 15.2. The van der Waals surface area contributed by atoms with Gasteiger partial charge in [-0.3, -0.25) is 4.79 Å². The number of ether oxygens (including phenoxy) is 4. The van der Waals surface area contributed by atoms with Crippen LogP contribution in [-0.2, 0) is 14.4 Å². The monoisotopic (exact) mass is 364 g/mol. The highest BCUT2D eigenvalue weighted by Gasteiger charge is 2.30. The molecular formula is C18H24N2O6. The van der Waals surface area contributed by atoms with Gasteiger partial charge >= 0.3 is 0 Å². The Morgan fingerprint density at radius 1 is 1.23 bits per heavy atom. The minimum absolute atomic E-state index is 0.0934. The third-order valence-electron chi connectivity index (χ3n) is 4.49. The Balaban J connectivity index is 1.65. The van der Waals surface area contributed by atoms with E-state index in [2.05, 4.69) is 10.5 Å². The second-order valence-corrected chi connectivity index (χ2v) is 6.13. The molecule has 2 aliphatic rings. The first kappa shape index (κ1) is 18.3. The van der Waals surface area contributed by atoms with Crippen molar-refractivity contribution in [2.24, 2.45) is 5.16 Å². The number of methoxy groups -OCH3 is 3. The molecule has 0 spiro atoms. The first-order valence-corrected chi connectivity index (χ1v) is 8.58. The van der Waals surface area contributed by atoms with E-state index in [4.69, 9.17) is 23.8 Å². The van der Waals surface area contributed by atoms with Gasteiger partial charge in [0.1, 0.15) is 0 Å². The highest BCUT2D eigenvalue weighted by Crippen LogP contribution is 2.39. The summed E-state index contributed by atoms with van der Waals surface area (Å²) in [7, 11) is 4.65. The Kier molecular flexibility index (Phi) is 5.82. The zero-order chi connectivity index (χ0) is 18.5. The van der Waals surface area contributed by atoms with Gasteiger partial charge in [0, 0.05) is 25.1 Å². The maximum absolute atomic E-state index is 12.3. The van der Waals surface area contributed by atoms with Gasteiger partial charge in [-0.2, -0.15) is 0 Å². The van der Waals surface area contributed by atoms with Gasteiger partial charge in [-0.25, -0.2) is 0 Å². The van der Waals surface area contributed by atoms with Gasteiger partial charge in [-0.1, -0.05) is 5.16 Å². The number of carbonyl (C=O) groups is 1. The number of hydrogen-bond donors (Lipinski definition) is 1. The van der Waals surface area contributed by atoms with Crippen LogP contribution >= 0.6 is 0 Å². The second kappa shape index (κ2) is 8.27. The lowest BCUT2D eigenvalue weighted by atomic mass is 10.0. The fourth-order valence-electron chi connectivity index (χ4n) is 3.07. The summed E-state index contributed by atoms with van der Waals surface area (Å²) in [5.41, 5.74) is 1.41. The average Bonchev–Trinajstić information content (AvgIpc) is 3.36. The standard InChI is InChI=1S/C18H24N2O6/c1-22-14-7-11(8-15(23-2)17(14)24-3)13-9-16(26-20-13)18(21)19-10-12-5-4-6-25-12/h7-8,12,16H,4-6,9-10H2,1-3H3,(H,19,21). The van der Waals surface area contributed by atoms with E-state index in [0.29, 0.717) is 35.9 Å². The molecule has 2 aliphatic heterocycles. The Bertz CT molecular complexity index is 659. The van der Waals surface area contributed by atoms with Crippen LogP contribution in [0.25, 0.3) is 0 Å². The van der Waals surface area contributed by atoms with Gasteiger partial charge in [0.15, 0.2) is 11.5 Å². The molecule has 0 aliphatic carbocycles. The number of nitrogens with one attached hydrogen (secondary N) is 1. The third-order valence-corrected chi connectivity index (χ3v) is 4.49. The van der Waals surface area contributed by atoms with Crippen molar-refractivity contribution in [3.05, 3.63) is 17.7 Å². The summed E-state index contributed by atoms with van der Waals surface area (Å²) in [5.74, 6) is 1.36. The fraction of sp³-hybridized carbons (Fsp3) is 0.556. The van der Waals surface area contributed by atoms with Crippen LogP contribution in [-0.4, -0.2) is 58.3 Å². The van der Waals surface area contributed by atoms with Crippen LogP contribution in [0.3, 0.4) is 0 Å². The maximum Gasteiger partial charge on any atom is 0.264 e. The molecule has 2 heterocycles. The highest BCUT2D eigenvalue weighted by molar-refractivity contribution is 6.04. The van der Waals surface area contributed by atoms with Crippen molar-refractivity contribution in [2.45, 2.75) is 31.5 Å². The Morgan fingerprint density at radius 2 is 1.96 bits per heavy atom. The first-order chi connectivity index (χ1) is 12.7. The predicted octanol–water partition coefficient (Wildman–Crippen LogP) is 1.50. The Hall–Kier alpha value is -2.48. The normalized spacial score (nSPS) is 21.7. The van der Waals surface area contributed by atoms with Crippen LogP contribution < -0.4 is 19.5 Å². The quantitative estimate of drug-likeness (QED) is 0.789. The minimum atomic E-state index is -0.648. The molecule has 0 aromatic heterocycles. The summed E-state index contributed by atoms with van der Waals surface area (Å²) in [4.78, 5) is 17.6. The summed E-state index contributed by atoms with van der Waals surface area (Å²) < 4.78 is 21.5. The molecule has 2 atom stereocenters. The topological polar surface area (TPSA) is 87.6 Å². The van der Waals surface area contributed by atoms with E-state index >= 15 is 0 Å². The van der Waals surface area contributed by atoms with Crippen molar-refractivity contribution in [1.29, 1.82) is 0 Å². The van der Waals surface area contributed by atoms with E-state index in [1.54, 1.807) is 33.5 Å². The van der Waals surface area contributed by atoms with Crippen LogP contribution in [0.5, 0.6) is 17.2 Å². The van der Waals surface area contributed by atoms with E-state index in [0.717, 1.165) is 25.0 Å². The lowest BCUT2D eigenvalue weighted by Crippen LogP contribution is -2.39. The molecule has 142 valence electrons. The summed E-state index contributed by atoms with van der Waals surface area (Å²) in [5, 5.41) is 6.94. The molecular weight excluding hydrogens is 340 g/mol. The van der Waals surface area contributed by atoms with Crippen molar-refractivity contribution < 1.29 is 28.6 Å². The second-order valence-electron chi connectivity index (χ2n) is 6.13. The van der Waals surface area contributed by atoms with Crippen LogP contribution in [0.1, 0.15) is 24.8 Å². The van der Waals surface area contributed by atoms with Crippen LogP contribution in [0.2, 0.25) is 0 Å². The fourth-order valence-corrected chi connectivity index (χ4v) is 3.07. The molecule has 0 saturated carbocycles. The maximum atomic E-state index is 12.3. The lowest BCUT2D eigenvalue weighted by molar-refractivity contribution is -0.131. The lowest BCUT2D eigenvalue weighted by Gasteiger charge is -2.14. The van der Waals surface area contributed by atoms with E-state index in [-0.39, 0.29) is 12.0 Å². The molecule has 1 saturated heterocycles. The van der Waals surface area contributed by atoms with Crippen molar-refractivity contribution in [2.75, 3.05) is 34.5 Å². The van der Waals surface area contributed by atoms with Crippen molar-refractivity contribution in [1.82, 2.24) is 5.32 Å². The van der Waals surface area contributed by atoms with Gasteiger partial charge < -0.3 is 29.1 Å². The number of benzene rings is 1. The molecule has 8 heteroatoms. The smallest absolute Gasteiger partial charge is 0.264 e. The van der Waals surface area contributed by atoms with Crippen molar-refractivity contribution >= 4 is 11.6 Å². The molecule has 0 bridgehead atoms. The van der Waals surface area contributed by atoms with E-state index in [1.807, 2.05) is 0 Å². The van der Waals surface area contributed by atoms with Crippen LogP contribution in [0, 0.1) is 0 Å². The van der Waals surface area contributed by atoms with Gasteiger partial charge in [0.05, 0.1) is 33.1 Å². The van der Waals surface area contributed by atoms with Crippen molar-refractivity contribution in [3.63, 3.8) is 0 Å². The number of carbonyl (C=O) groups excluding carboxylic acids is 1. The van der Waals surface area contributed by atoms with Gasteiger partial charge in [-0.15, -0.1) is 0 Å². The molecule has 3 rings (SSSR count).